The van der Waals surface area contributed by atoms with Crippen LogP contribution in [0, 0.1) is 6.33 Å². The summed E-state index contributed by atoms with van der Waals surface area (Å²) in [6, 6.07) is 13.3. The molecule has 0 fully saturated rings. The van der Waals surface area contributed by atoms with Crippen LogP contribution >= 0.6 is 0 Å². The van der Waals surface area contributed by atoms with Crippen LogP contribution < -0.4 is 4.57 Å². The molecule has 0 unspecified atom stereocenters. The first-order chi connectivity index (χ1) is 13.8. The zero-order valence-corrected chi connectivity index (χ0v) is 18.7. The Hall–Kier alpha value is -2.61. The molecule has 0 aliphatic heterocycles. The van der Waals surface area contributed by atoms with Crippen molar-refractivity contribution in [2.24, 2.45) is 0 Å². The van der Waals surface area contributed by atoms with Gasteiger partial charge in [0.25, 0.3) is 6.33 Å². The summed E-state index contributed by atoms with van der Waals surface area (Å²) in [5, 5.41) is 0. The molecule has 3 aromatic rings. The van der Waals surface area contributed by atoms with Gasteiger partial charge in [-0.05, 0) is 46.4 Å². The third-order valence-electron chi connectivity index (χ3n) is 5.54. The molecule has 152 valence electrons. The number of nitrogens with zero attached hydrogens (tertiary/aromatic N) is 2. The van der Waals surface area contributed by atoms with Gasteiger partial charge in [0.1, 0.15) is 0 Å². The fourth-order valence-corrected chi connectivity index (χ4v) is 4.05. The maximum absolute atomic E-state index is 3.96. The van der Waals surface area contributed by atoms with Gasteiger partial charge in [0, 0.05) is 12.4 Å². The topological polar surface area (TPSA) is 8.81 Å². The van der Waals surface area contributed by atoms with Gasteiger partial charge in [-0.2, -0.15) is 0 Å². The fraction of sp³-hybridized carbons (Fsp3) is 0.370. The SMILES string of the molecule is C=CCc1cccc(C(C)C)c1-[n+]1[c-]n(-c2c(C(C)C)cccc2C(C)C)cc1. The lowest BCUT2D eigenvalue weighted by atomic mass is 9.92. The maximum atomic E-state index is 3.96. The highest BCUT2D eigenvalue weighted by molar-refractivity contribution is 5.51. The number of imidazole rings is 1. The van der Waals surface area contributed by atoms with E-state index in [1.54, 1.807) is 0 Å². The van der Waals surface area contributed by atoms with E-state index in [-0.39, 0.29) is 0 Å². The molecule has 1 heterocycles. The lowest BCUT2D eigenvalue weighted by Crippen LogP contribution is -2.32. The fourth-order valence-electron chi connectivity index (χ4n) is 4.05. The van der Waals surface area contributed by atoms with Crippen molar-refractivity contribution < 1.29 is 4.57 Å². The minimum atomic E-state index is 0.438. The normalized spacial score (nSPS) is 11.6. The summed E-state index contributed by atoms with van der Waals surface area (Å²) in [4.78, 5) is 0. The van der Waals surface area contributed by atoms with Crippen LogP contribution in [-0.2, 0) is 6.42 Å². The van der Waals surface area contributed by atoms with Gasteiger partial charge in [0.15, 0.2) is 0 Å². The molecule has 0 atom stereocenters. The lowest BCUT2D eigenvalue weighted by Gasteiger charge is -2.20. The van der Waals surface area contributed by atoms with E-state index in [1.165, 1.54) is 33.6 Å². The molecule has 29 heavy (non-hydrogen) atoms. The van der Waals surface area contributed by atoms with Crippen LogP contribution in [0.25, 0.3) is 11.4 Å². The second kappa shape index (κ2) is 8.82. The van der Waals surface area contributed by atoms with Gasteiger partial charge in [-0.3, -0.25) is 9.13 Å². The molecule has 1 aromatic heterocycles. The molecule has 0 bridgehead atoms. The molecular formula is C27H34N2. The van der Waals surface area contributed by atoms with Gasteiger partial charge in [-0.25, -0.2) is 0 Å². The molecule has 0 saturated heterocycles. The Morgan fingerprint density at radius 3 is 2.00 bits per heavy atom. The van der Waals surface area contributed by atoms with Crippen molar-refractivity contribution in [3.63, 3.8) is 0 Å². The third-order valence-corrected chi connectivity index (χ3v) is 5.54. The van der Waals surface area contributed by atoms with E-state index in [0.717, 1.165) is 6.42 Å². The zero-order valence-electron chi connectivity index (χ0n) is 18.7. The molecule has 0 aliphatic carbocycles. The van der Waals surface area contributed by atoms with Crippen molar-refractivity contribution in [1.29, 1.82) is 0 Å². The summed E-state index contributed by atoms with van der Waals surface area (Å²) < 4.78 is 4.34. The van der Waals surface area contributed by atoms with E-state index in [9.17, 15) is 0 Å². The molecule has 2 nitrogen and oxygen atoms in total. The number of hydrogen-bond acceptors (Lipinski definition) is 0. The molecule has 0 spiro atoms. The predicted molar refractivity (Wildman–Crippen MR) is 122 cm³/mol. The molecule has 0 saturated carbocycles. The van der Waals surface area contributed by atoms with Crippen molar-refractivity contribution in [3.05, 3.63) is 90.0 Å². The summed E-state index contributed by atoms with van der Waals surface area (Å²) in [5.74, 6) is 1.34. The van der Waals surface area contributed by atoms with Gasteiger partial charge in [-0.15, -0.1) is 6.58 Å². The Morgan fingerprint density at radius 1 is 0.897 bits per heavy atom. The second-order valence-electron chi connectivity index (χ2n) is 8.74. The molecule has 0 amide bonds. The first-order valence-electron chi connectivity index (χ1n) is 10.7. The van der Waals surface area contributed by atoms with Crippen LogP contribution in [0.1, 0.15) is 81.5 Å². The summed E-state index contributed by atoms with van der Waals surface area (Å²) in [6.07, 6.45) is 10.7. The van der Waals surface area contributed by atoms with E-state index >= 15 is 0 Å². The van der Waals surface area contributed by atoms with Crippen molar-refractivity contribution in [3.8, 4) is 11.4 Å². The highest BCUT2D eigenvalue weighted by Gasteiger charge is 2.18. The highest BCUT2D eigenvalue weighted by Crippen LogP contribution is 2.31. The van der Waals surface area contributed by atoms with Gasteiger partial charge in [-0.1, -0.05) is 84.0 Å². The monoisotopic (exact) mass is 386 g/mol. The molecule has 2 heteroatoms. The van der Waals surface area contributed by atoms with E-state index in [2.05, 4.69) is 112 Å². The van der Waals surface area contributed by atoms with Gasteiger partial charge >= 0.3 is 0 Å². The maximum Gasteiger partial charge on any atom is 0.268 e. The largest absolute Gasteiger partial charge is 0.298 e. The molecular weight excluding hydrogens is 352 g/mol. The van der Waals surface area contributed by atoms with Crippen molar-refractivity contribution in [1.82, 2.24) is 4.57 Å². The first-order valence-corrected chi connectivity index (χ1v) is 10.7. The van der Waals surface area contributed by atoms with E-state index in [4.69, 9.17) is 0 Å². The number of benzene rings is 2. The number of rotatable bonds is 7. The van der Waals surface area contributed by atoms with Crippen molar-refractivity contribution >= 4 is 0 Å². The molecule has 2 aromatic carbocycles. The zero-order chi connectivity index (χ0) is 21.1. The van der Waals surface area contributed by atoms with Crippen LogP contribution in [-0.4, -0.2) is 4.57 Å². The van der Waals surface area contributed by atoms with Crippen LogP contribution in [0.4, 0.5) is 0 Å². The Labute approximate surface area is 176 Å². The van der Waals surface area contributed by atoms with Gasteiger partial charge < -0.3 is 0 Å². The van der Waals surface area contributed by atoms with Crippen LogP contribution in [0.2, 0.25) is 0 Å². The van der Waals surface area contributed by atoms with Crippen molar-refractivity contribution in [2.75, 3.05) is 0 Å². The third kappa shape index (κ3) is 4.22. The first kappa shape index (κ1) is 21.1. The minimum absolute atomic E-state index is 0.438. The standard InChI is InChI=1S/C27H34N2/c1-8-11-22-12-9-13-23(19(2)3)26(22)28-16-17-29(18-28)27-24(20(4)5)14-10-15-25(27)21(6)7/h8-10,12-17,19-21H,1,11H2,2-7H3. The Bertz CT molecular complexity index is 963. The second-order valence-corrected chi connectivity index (χ2v) is 8.74. The summed E-state index contributed by atoms with van der Waals surface area (Å²) in [6.45, 7) is 17.5. The Balaban J connectivity index is 2.21. The Kier molecular flexibility index (Phi) is 6.42. The molecule has 3 rings (SSSR count). The lowest BCUT2D eigenvalue weighted by molar-refractivity contribution is -0.600. The number of para-hydroxylation sites is 2. The van der Waals surface area contributed by atoms with Crippen LogP contribution in [0.15, 0.2) is 61.4 Å². The van der Waals surface area contributed by atoms with Gasteiger partial charge in [0.05, 0.1) is 11.4 Å². The summed E-state index contributed by atoms with van der Waals surface area (Å²) >= 11 is 0. The quantitative estimate of drug-likeness (QED) is 0.244. The summed E-state index contributed by atoms with van der Waals surface area (Å²) in [7, 11) is 0. The molecule has 0 radical (unpaired) electrons. The van der Waals surface area contributed by atoms with E-state index in [0.29, 0.717) is 17.8 Å². The molecule has 0 N–H and O–H groups in total. The van der Waals surface area contributed by atoms with Crippen LogP contribution in [0.5, 0.6) is 0 Å². The van der Waals surface area contributed by atoms with Crippen molar-refractivity contribution in [2.45, 2.75) is 65.7 Å². The average molecular weight is 387 g/mol. The van der Waals surface area contributed by atoms with Crippen LogP contribution in [0.3, 0.4) is 0 Å². The van der Waals surface area contributed by atoms with E-state index in [1.807, 2.05) is 6.08 Å². The molecule has 0 aliphatic rings. The Morgan fingerprint density at radius 2 is 1.45 bits per heavy atom. The van der Waals surface area contributed by atoms with Gasteiger partial charge in [0.2, 0.25) is 0 Å². The smallest absolute Gasteiger partial charge is 0.268 e. The number of aromatic nitrogens is 2. The number of hydrogen-bond donors (Lipinski definition) is 0. The van der Waals surface area contributed by atoms with E-state index < -0.39 is 0 Å². The minimum Gasteiger partial charge on any atom is -0.298 e. The predicted octanol–water partition coefficient (Wildman–Crippen LogP) is 6.65. The average Bonchev–Trinajstić information content (AvgIpc) is 3.16. The number of allylic oxidation sites excluding steroid dienone is 1. The summed E-state index contributed by atoms with van der Waals surface area (Å²) in [5.41, 5.74) is 7.84. The highest BCUT2D eigenvalue weighted by atomic mass is 15.1.